The quantitative estimate of drug-likeness (QED) is 0.316. The van der Waals surface area contributed by atoms with E-state index in [2.05, 4.69) is 10.6 Å². The summed E-state index contributed by atoms with van der Waals surface area (Å²) in [6.07, 6.45) is -9.15. The summed E-state index contributed by atoms with van der Waals surface area (Å²) in [6.45, 7) is -1.09. The number of amides is 2. The largest absolute Gasteiger partial charge is 0.423 e. The molecule has 0 unspecified atom stereocenters. The number of halogens is 6. The summed E-state index contributed by atoms with van der Waals surface area (Å²) in [6, 6.07) is 1.08. The number of rotatable bonds is 7. The first kappa shape index (κ1) is 22.5. The van der Waals surface area contributed by atoms with E-state index in [1.54, 1.807) is 0 Å². The first-order valence-electron chi connectivity index (χ1n) is 7.45. The highest BCUT2D eigenvalue weighted by molar-refractivity contribution is 5.89. The Kier molecular flexibility index (Phi) is 7.39. The fourth-order valence-corrected chi connectivity index (χ4v) is 2.11. The van der Waals surface area contributed by atoms with Crippen molar-refractivity contribution in [3.8, 4) is 0 Å². The molecule has 0 aromatic heterocycles. The molecule has 0 bridgehead atoms. The van der Waals surface area contributed by atoms with E-state index < -0.39 is 41.1 Å². The summed E-state index contributed by atoms with van der Waals surface area (Å²) in [5.41, 5.74) is -2.99. The molecule has 2 N–H and O–H groups in total. The molecule has 0 atom stereocenters. The Labute approximate surface area is 149 Å². The van der Waals surface area contributed by atoms with E-state index in [1.165, 1.54) is 7.05 Å². The Balaban J connectivity index is 2.57. The molecule has 152 valence electrons. The molecule has 1 aromatic rings. The van der Waals surface area contributed by atoms with Crippen LogP contribution in [-0.4, -0.2) is 48.7 Å². The van der Waals surface area contributed by atoms with E-state index in [9.17, 15) is 41.3 Å². The number of alkyl halides is 6. The maximum atomic E-state index is 12.9. The van der Waals surface area contributed by atoms with E-state index in [0.717, 1.165) is 11.0 Å². The highest BCUT2D eigenvalue weighted by Crippen LogP contribution is 2.37. The Morgan fingerprint density at radius 1 is 1.22 bits per heavy atom. The highest BCUT2D eigenvalue weighted by atomic mass is 19.4. The van der Waals surface area contributed by atoms with E-state index in [4.69, 9.17) is 0 Å². The Morgan fingerprint density at radius 2 is 1.85 bits per heavy atom. The highest BCUT2D eigenvalue weighted by Gasteiger charge is 2.38. The van der Waals surface area contributed by atoms with Gasteiger partial charge in [0.1, 0.15) is 5.56 Å². The molecule has 0 radical (unpaired) electrons. The molecule has 1 aromatic carbocycles. The lowest BCUT2D eigenvalue weighted by Gasteiger charge is -2.18. The van der Waals surface area contributed by atoms with Crippen molar-refractivity contribution in [1.29, 1.82) is 0 Å². The average molecular weight is 402 g/mol. The van der Waals surface area contributed by atoms with Crippen LogP contribution >= 0.6 is 0 Å². The number of carbonyl (C=O) groups excluding carboxylic acids is 1. The van der Waals surface area contributed by atoms with Crippen molar-refractivity contribution in [2.45, 2.75) is 18.8 Å². The van der Waals surface area contributed by atoms with Gasteiger partial charge in [0.2, 0.25) is 0 Å². The van der Waals surface area contributed by atoms with Gasteiger partial charge in [-0.3, -0.25) is 15.0 Å². The number of benzene rings is 1. The molecule has 13 heteroatoms. The minimum atomic E-state index is -4.99. The lowest BCUT2D eigenvalue weighted by atomic mass is 10.1. The van der Waals surface area contributed by atoms with Crippen molar-refractivity contribution < 1.29 is 36.1 Å². The normalized spacial score (nSPS) is 12.1. The second-order valence-corrected chi connectivity index (χ2v) is 5.57. The molecule has 0 aliphatic rings. The number of hydrogen-bond donors (Lipinski definition) is 2. The molecule has 0 heterocycles. The number of urea groups is 1. The summed E-state index contributed by atoms with van der Waals surface area (Å²) in [5.74, 6) is 0. The van der Waals surface area contributed by atoms with E-state index >= 15 is 0 Å². The lowest BCUT2D eigenvalue weighted by Crippen LogP contribution is -2.35. The van der Waals surface area contributed by atoms with Gasteiger partial charge in [0.25, 0.3) is 5.69 Å². The van der Waals surface area contributed by atoms with E-state index in [-0.39, 0.29) is 25.2 Å². The summed E-state index contributed by atoms with van der Waals surface area (Å²) < 4.78 is 75.0. The van der Waals surface area contributed by atoms with Gasteiger partial charge in [0.15, 0.2) is 0 Å². The maximum absolute atomic E-state index is 12.9. The molecule has 0 saturated carbocycles. The van der Waals surface area contributed by atoms with Gasteiger partial charge in [-0.25, -0.2) is 4.79 Å². The number of carbonyl (C=O) groups is 1. The number of nitro benzene ring substituents is 1. The van der Waals surface area contributed by atoms with Crippen molar-refractivity contribution in [2.24, 2.45) is 0 Å². The molecule has 0 saturated heterocycles. The minimum Gasteiger partial charge on any atom is -0.338 e. The zero-order chi connectivity index (χ0) is 20.8. The van der Waals surface area contributed by atoms with E-state index in [0.29, 0.717) is 12.1 Å². The number of hydrogen-bond acceptors (Lipinski definition) is 4. The van der Waals surface area contributed by atoms with Gasteiger partial charge in [-0.1, -0.05) is 0 Å². The third-order valence-electron chi connectivity index (χ3n) is 3.21. The van der Waals surface area contributed by atoms with Crippen molar-refractivity contribution >= 4 is 17.4 Å². The number of nitrogens with one attached hydrogen (secondary N) is 2. The molecular formula is C14H16F6N4O3. The van der Waals surface area contributed by atoms with Gasteiger partial charge < -0.3 is 10.6 Å². The van der Waals surface area contributed by atoms with Gasteiger partial charge >= 0.3 is 18.4 Å². The number of nitrogens with zero attached hydrogens (tertiary/aromatic N) is 2. The first-order chi connectivity index (χ1) is 12.3. The van der Waals surface area contributed by atoms with E-state index in [1.807, 2.05) is 0 Å². The predicted molar refractivity (Wildman–Crippen MR) is 83.3 cm³/mol. The third kappa shape index (κ3) is 8.11. The third-order valence-corrected chi connectivity index (χ3v) is 3.21. The Bertz CT molecular complexity index is 678. The molecule has 27 heavy (non-hydrogen) atoms. The fourth-order valence-electron chi connectivity index (χ4n) is 2.11. The molecule has 2 amide bonds. The van der Waals surface area contributed by atoms with Crippen molar-refractivity contribution in [3.63, 3.8) is 0 Å². The Hall–Kier alpha value is -2.57. The van der Waals surface area contributed by atoms with Gasteiger partial charge in [0, 0.05) is 18.3 Å². The van der Waals surface area contributed by atoms with Crippen LogP contribution in [0.1, 0.15) is 12.0 Å². The number of anilines is 1. The summed E-state index contributed by atoms with van der Waals surface area (Å²) in [4.78, 5) is 22.1. The van der Waals surface area contributed by atoms with Crippen LogP contribution in [0.5, 0.6) is 0 Å². The van der Waals surface area contributed by atoms with Crippen LogP contribution in [-0.2, 0) is 6.18 Å². The van der Waals surface area contributed by atoms with Crippen molar-refractivity contribution in [2.75, 3.05) is 32.0 Å². The molecule has 0 fully saturated rings. The van der Waals surface area contributed by atoms with Crippen LogP contribution in [0, 0.1) is 10.1 Å². The van der Waals surface area contributed by atoms with Crippen LogP contribution in [0.3, 0.4) is 0 Å². The first-order valence-corrected chi connectivity index (χ1v) is 7.45. The fraction of sp³-hybridized carbons (Fsp3) is 0.500. The van der Waals surface area contributed by atoms with Gasteiger partial charge in [-0.2, -0.15) is 26.3 Å². The van der Waals surface area contributed by atoms with Gasteiger partial charge in [-0.05, 0) is 32.1 Å². The zero-order valence-electron chi connectivity index (χ0n) is 13.9. The summed E-state index contributed by atoms with van der Waals surface area (Å²) in [7, 11) is 1.25. The SMILES string of the molecule is CN(CCCNC(=O)Nc1ccc([N+](=O)[O-])c(C(F)(F)F)c1)CC(F)(F)F. The second kappa shape index (κ2) is 8.88. The molecule has 0 aliphatic carbocycles. The topological polar surface area (TPSA) is 87.5 Å². The zero-order valence-corrected chi connectivity index (χ0v) is 13.9. The predicted octanol–water partition coefficient (Wildman–Crippen LogP) is 3.62. The van der Waals surface area contributed by atoms with Crippen LogP contribution in [0.2, 0.25) is 0 Å². The molecule has 1 rings (SSSR count). The van der Waals surface area contributed by atoms with Crippen molar-refractivity contribution in [3.05, 3.63) is 33.9 Å². The van der Waals surface area contributed by atoms with Crippen LogP contribution in [0.4, 0.5) is 42.5 Å². The van der Waals surface area contributed by atoms with Crippen LogP contribution < -0.4 is 10.6 Å². The van der Waals surface area contributed by atoms with Crippen LogP contribution in [0.25, 0.3) is 0 Å². The maximum Gasteiger partial charge on any atom is 0.423 e. The smallest absolute Gasteiger partial charge is 0.338 e. The Morgan fingerprint density at radius 3 is 2.37 bits per heavy atom. The second-order valence-electron chi connectivity index (χ2n) is 5.57. The van der Waals surface area contributed by atoms with Crippen LogP contribution in [0.15, 0.2) is 18.2 Å². The van der Waals surface area contributed by atoms with Gasteiger partial charge in [0.05, 0.1) is 11.5 Å². The number of nitro groups is 1. The minimum absolute atomic E-state index is 0.0207. The molecule has 0 spiro atoms. The summed E-state index contributed by atoms with van der Waals surface area (Å²) >= 11 is 0. The summed E-state index contributed by atoms with van der Waals surface area (Å²) in [5, 5.41) is 15.0. The van der Waals surface area contributed by atoms with Gasteiger partial charge in [-0.15, -0.1) is 0 Å². The molecular weight excluding hydrogens is 386 g/mol. The lowest BCUT2D eigenvalue weighted by molar-refractivity contribution is -0.388. The standard InChI is InChI=1S/C14H16F6N4O3/c1-23(8-13(15,16)17)6-2-5-21-12(25)22-9-3-4-11(24(26)27)10(7-9)14(18,19)20/h3-4,7H,2,5-6,8H2,1H3,(H2,21,22,25). The molecule has 7 nitrogen and oxygen atoms in total. The monoisotopic (exact) mass is 402 g/mol. The van der Waals surface area contributed by atoms with Crippen molar-refractivity contribution in [1.82, 2.24) is 10.2 Å². The molecule has 0 aliphatic heterocycles. The average Bonchev–Trinajstić information content (AvgIpc) is 2.48.